The second-order valence-corrected chi connectivity index (χ2v) is 14.9. The number of rotatable bonds is 5. The predicted octanol–water partition coefficient (Wildman–Crippen LogP) is 3.75. The van der Waals surface area contributed by atoms with Crippen LogP contribution in [0, 0.1) is 0 Å². The molecule has 0 fully saturated rings. The molecule has 3 nitrogen and oxygen atoms in total. The van der Waals surface area contributed by atoms with Gasteiger partial charge < -0.3 is 0 Å². The predicted molar refractivity (Wildman–Crippen MR) is 61.5 cm³/mol. The van der Waals surface area contributed by atoms with Crippen molar-refractivity contribution in [1.82, 2.24) is 0 Å². The van der Waals surface area contributed by atoms with Gasteiger partial charge in [-0.15, -0.1) is 0 Å². The number of hydrogen-bond donors (Lipinski definition) is 0. The van der Waals surface area contributed by atoms with Crippen LogP contribution >= 0.6 is 6.83 Å². The second kappa shape index (κ2) is 4.85. The molecule has 0 aromatic carbocycles. The van der Waals surface area contributed by atoms with Crippen LogP contribution in [0.25, 0.3) is 0 Å². The van der Waals surface area contributed by atoms with Crippen LogP contribution in [0.1, 0.15) is 0 Å². The molecule has 0 aliphatic carbocycles. The number of alkyl halides is 9. The van der Waals surface area contributed by atoms with E-state index in [1.807, 2.05) is 0 Å². The molecular weight excluding hydrogens is 378 g/mol. The molecule has 14 heteroatoms. The molecule has 0 rings (SSSR count). The second-order valence-electron chi connectivity index (χ2n) is 6.11. The van der Waals surface area contributed by atoms with E-state index in [9.17, 15) is 47.9 Å². The summed E-state index contributed by atoms with van der Waals surface area (Å²) in [6, 6.07) is 0. The van der Waals surface area contributed by atoms with Gasteiger partial charge >= 0.3 is 119 Å². The first-order valence-corrected chi connectivity index (χ1v) is 10.5. The third-order valence-electron chi connectivity index (χ3n) is 1.83. The number of halogens is 9. The maximum absolute atomic E-state index is 13.3. The fourth-order valence-electron chi connectivity index (χ4n) is 0.957. The van der Waals surface area contributed by atoms with Crippen LogP contribution in [0.3, 0.4) is 0 Å². The van der Waals surface area contributed by atoms with Crippen molar-refractivity contribution in [2.75, 3.05) is 26.7 Å². The molecule has 0 bridgehead atoms. The molecule has 0 atom stereocenters. The van der Waals surface area contributed by atoms with Gasteiger partial charge in [-0.05, 0) is 0 Å². The summed E-state index contributed by atoms with van der Waals surface area (Å²) < 4.78 is 140. The third-order valence-corrected chi connectivity index (χ3v) is 5.88. The number of hydrogen-bond acceptors (Lipinski definition) is 3. The molecule has 0 aromatic rings. The average Bonchev–Trinajstić information content (AvgIpc) is 2.09. The Balaban J connectivity index is 6.14. The molecule has 0 aliphatic rings. The Hall–Kier alpha value is -0.290. The van der Waals surface area contributed by atoms with E-state index < -0.39 is 40.2 Å². The van der Waals surface area contributed by atoms with E-state index in [1.54, 1.807) is 0 Å². The van der Waals surface area contributed by atoms with Crippen molar-refractivity contribution in [3.8, 4) is 0 Å². The summed E-state index contributed by atoms with van der Waals surface area (Å²) in [7, 11) is -6.78. The van der Waals surface area contributed by atoms with E-state index in [4.69, 9.17) is 0 Å². The van der Waals surface area contributed by atoms with Crippen molar-refractivity contribution in [2.45, 2.75) is 23.3 Å². The van der Waals surface area contributed by atoms with Crippen molar-refractivity contribution in [2.24, 2.45) is 0 Å². The van der Waals surface area contributed by atoms with Gasteiger partial charge in [-0.25, -0.2) is 0 Å². The molecule has 0 saturated heterocycles. The standard InChI is InChI=1S/C8H12F9O3PS/c1-21(2,3,4)20-22(18,19)8(16,17)6(11,12)5(9,10)7(13,14)15/h1-4H3. The molecule has 0 unspecified atom stereocenters. The summed E-state index contributed by atoms with van der Waals surface area (Å²) in [5.74, 6) is -14.6. The normalized spacial score (nSPS) is 18.0. The Morgan fingerprint density at radius 2 is 1.05 bits per heavy atom. The molecule has 0 saturated carbocycles. The van der Waals surface area contributed by atoms with Crippen LogP contribution in [0.15, 0.2) is 0 Å². The van der Waals surface area contributed by atoms with Crippen molar-refractivity contribution in [3.63, 3.8) is 0 Å². The summed E-state index contributed by atoms with van der Waals surface area (Å²) in [6.07, 6.45) is -7.10. The van der Waals surface area contributed by atoms with Crippen LogP contribution < -0.4 is 0 Å². The van der Waals surface area contributed by atoms with Crippen LogP contribution in [-0.2, 0) is 14.1 Å². The van der Waals surface area contributed by atoms with Gasteiger partial charge in [-0.1, -0.05) is 0 Å². The molecule has 0 aliphatic heterocycles. The van der Waals surface area contributed by atoms with Crippen LogP contribution in [0.2, 0.25) is 0 Å². The minimum absolute atomic E-state index is 0.930. The molecule has 0 aromatic heterocycles. The Kier molecular flexibility index (Phi) is 4.79. The minimum atomic E-state index is -7.29. The molecule has 0 amide bonds. The molecule has 0 spiro atoms. The molecule has 0 N–H and O–H groups in total. The quantitative estimate of drug-likeness (QED) is 0.531. The summed E-state index contributed by atoms with van der Waals surface area (Å²) in [5, 5.41) is -6.81. The van der Waals surface area contributed by atoms with Crippen molar-refractivity contribution >= 4 is 16.9 Å². The van der Waals surface area contributed by atoms with Crippen molar-refractivity contribution in [3.05, 3.63) is 0 Å². The van der Waals surface area contributed by atoms with Gasteiger partial charge in [-0.2, -0.15) is 0 Å². The fraction of sp³-hybridized carbons (Fsp3) is 1.00. The monoisotopic (exact) mass is 390 g/mol. The van der Waals surface area contributed by atoms with E-state index in [0.29, 0.717) is 0 Å². The van der Waals surface area contributed by atoms with E-state index in [1.165, 1.54) is 0 Å². The van der Waals surface area contributed by atoms with Gasteiger partial charge in [0.05, 0.1) is 0 Å². The molecule has 136 valence electrons. The Morgan fingerprint density at radius 1 is 0.727 bits per heavy atom. The van der Waals surface area contributed by atoms with E-state index in [2.05, 4.69) is 3.97 Å². The topological polar surface area (TPSA) is 43.4 Å². The fourth-order valence-corrected chi connectivity index (χ4v) is 4.91. The van der Waals surface area contributed by atoms with E-state index in [-0.39, 0.29) is 0 Å². The van der Waals surface area contributed by atoms with Gasteiger partial charge in [0.15, 0.2) is 0 Å². The Morgan fingerprint density at radius 3 is 1.27 bits per heavy atom. The van der Waals surface area contributed by atoms with Crippen molar-refractivity contribution < 1.29 is 51.9 Å². The average molecular weight is 390 g/mol. The zero-order chi connectivity index (χ0) is 18.7. The summed E-state index contributed by atoms with van der Waals surface area (Å²) in [5.41, 5.74) is 0. The van der Waals surface area contributed by atoms with Gasteiger partial charge in [0.25, 0.3) is 0 Å². The van der Waals surface area contributed by atoms with Gasteiger partial charge in [0.2, 0.25) is 0 Å². The first kappa shape index (κ1) is 21.7. The van der Waals surface area contributed by atoms with Crippen LogP contribution in [-0.4, -0.2) is 58.4 Å². The summed E-state index contributed by atoms with van der Waals surface area (Å²) in [6.45, 7) is -0.264. The SMILES string of the molecule is CP(C)(C)(C)OS(=O)(=O)C(F)(F)C(F)(F)C(F)(F)C(F)(F)F. The van der Waals surface area contributed by atoms with Crippen LogP contribution in [0.5, 0.6) is 0 Å². The first-order valence-electron chi connectivity index (χ1n) is 5.13. The molecular formula is C8H12F9O3PS. The summed E-state index contributed by atoms with van der Waals surface area (Å²) >= 11 is 0. The Labute approximate surface area is 119 Å². The maximum atomic E-state index is 13.3. The third kappa shape index (κ3) is 3.78. The zero-order valence-corrected chi connectivity index (χ0v) is 13.2. The van der Waals surface area contributed by atoms with Crippen molar-refractivity contribution in [1.29, 1.82) is 0 Å². The summed E-state index contributed by atoms with van der Waals surface area (Å²) in [4.78, 5) is 0. The first-order chi connectivity index (χ1) is 8.96. The van der Waals surface area contributed by atoms with E-state index in [0.717, 1.165) is 26.7 Å². The van der Waals surface area contributed by atoms with Gasteiger partial charge in [0, 0.05) is 0 Å². The van der Waals surface area contributed by atoms with Gasteiger partial charge in [-0.3, -0.25) is 0 Å². The molecule has 0 heterocycles. The molecule has 22 heavy (non-hydrogen) atoms. The Bertz CT molecular complexity index is 534. The van der Waals surface area contributed by atoms with E-state index >= 15 is 0 Å². The zero-order valence-electron chi connectivity index (χ0n) is 11.5. The molecule has 0 radical (unpaired) electrons. The van der Waals surface area contributed by atoms with Gasteiger partial charge in [0.1, 0.15) is 0 Å². The van der Waals surface area contributed by atoms with Crippen LogP contribution in [0.4, 0.5) is 39.5 Å².